The van der Waals surface area contributed by atoms with E-state index in [-0.39, 0.29) is 0 Å². The van der Waals surface area contributed by atoms with Crippen LogP contribution in [0.25, 0.3) is 0 Å². The maximum absolute atomic E-state index is 5.34. The Morgan fingerprint density at radius 2 is 1.47 bits per heavy atom. The summed E-state index contributed by atoms with van der Waals surface area (Å²) in [5.74, 6) is 2.05. The molecular weight excluding hydrogens is 222 g/mol. The average Bonchev–Trinajstić information content (AvgIpc) is 2.37. The number of anilines is 1. The first-order valence-corrected chi connectivity index (χ1v) is 5.18. The zero-order valence-electron chi connectivity index (χ0n) is 10.9. The summed E-state index contributed by atoms with van der Waals surface area (Å²) in [4.78, 5) is 1.90. The fourth-order valence-electron chi connectivity index (χ4n) is 1.62. The van der Waals surface area contributed by atoms with Gasteiger partial charge in [0.25, 0.3) is 0 Å². The molecule has 0 atom stereocenters. The van der Waals surface area contributed by atoms with Crippen molar-refractivity contribution in [1.29, 1.82) is 0 Å². The lowest BCUT2D eigenvalue weighted by atomic mass is 10.2. The zero-order chi connectivity index (χ0) is 12.8. The van der Waals surface area contributed by atoms with Gasteiger partial charge in [0.15, 0.2) is 0 Å². The van der Waals surface area contributed by atoms with E-state index >= 15 is 0 Å². The van der Waals surface area contributed by atoms with Crippen LogP contribution in [0.1, 0.15) is 0 Å². The first-order chi connectivity index (χ1) is 8.17. The fraction of sp³-hybridized carbons (Fsp3) is 0.500. The summed E-state index contributed by atoms with van der Waals surface area (Å²) in [7, 11) is 8.36. The van der Waals surface area contributed by atoms with Gasteiger partial charge in [-0.1, -0.05) is 0 Å². The van der Waals surface area contributed by atoms with Crippen LogP contribution < -0.4 is 19.1 Å². The molecule has 0 saturated carbocycles. The molecule has 5 heteroatoms. The molecule has 0 aromatic heterocycles. The van der Waals surface area contributed by atoms with E-state index in [1.165, 1.54) is 0 Å². The molecule has 0 spiro atoms. The maximum Gasteiger partial charge on any atom is 0.149 e. The zero-order valence-corrected chi connectivity index (χ0v) is 10.9. The van der Waals surface area contributed by atoms with Crippen LogP contribution in [-0.2, 0) is 4.74 Å². The van der Waals surface area contributed by atoms with E-state index in [9.17, 15) is 0 Å². The lowest BCUT2D eigenvalue weighted by Gasteiger charge is -2.23. The Kier molecular flexibility index (Phi) is 4.90. The Bertz CT molecular complexity index is 343. The quantitative estimate of drug-likeness (QED) is 0.710. The van der Waals surface area contributed by atoms with Crippen molar-refractivity contribution in [1.82, 2.24) is 0 Å². The molecule has 1 aromatic carbocycles. The van der Waals surface area contributed by atoms with Crippen LogP contribution in [0.2, 0.25) is 0 Å². The van der Waals surface area contributed by atoms with Crippen molar-refractivity contribution < 1.29 is 18.9 Å². The van der Waals surface area contributed by atoms with E-state index in [4.69, 9.17) is 18.9 Å². The number of hydrogen-bond donors (Lipinski definition) is 0. The molecule has 96 valence electrons. The molecule has 0 unspecified atom stereocenters. The number of nitrogens with zero attached hydrogens (tertiary/aromatic N) is 1. The van der Waals surface area contributed by atoms with E-state index in [2.05, 4.69) is 0 Å². The minimum Gasteiger partial charge on any atom is -0.496 e. The van der Waals surface area contributed by atoms with Crippen molar-refractivity contribution in [2.45, 2.75) is 0 Å². The van der Waals surface area contributed by atoms with Gasteiger partial charge in [-0.2, -0.15) is 0 Å². The maximum atomic E-state index is 5.34. The van der Waals surface area contributed by atoms with E-state index in [0.29, 0.717) is 24.0 Å². The van der Waals surface area contributed by atoms with Gasteiger partial charge in [-0.25, -0.2) is 0 Å². The molecule has 0 aliphatic rings. The van der Waals surface area contributed by atoms with Gasteiger partial charge in [-0.3, -0.25) is 0 Å². The third-order valence-corrected chi connectivity index (χ3v) is 2.39. The van der Waals surface area contributed by atoms with Gasteiger partial charge in [0.2, 0.25) is 0 Å². The number of benzene rings is 1. The Labute approximate surface area is 102 Å². The Morgan fingerprint density at radius 1 is 0.941 bits per heavy atom. The lowest BCUT2D eigenvalue weighted by molar-refractivity contribution is 0.200. The topological polar surface area (TPSA) is 40.2 Å². The van der Waals surface area contributed by atoms with E-state index in [1.54, 1.807) is 28.4 Å². The molecule has 0 amide bonds. The second-order valence-electron chi connectivity index (χ2n) is 3.50. The van der Waals surface area contributed by atoms with Crippen LogP contribution in [0, 0.1) is 0 Å². The van der Waals surface area contributed by atoms with Gasteiger partial charge in [0.05, 0.1) is 21.3 Å². The Morgan fingerprint density at radius 3 is 1.82 bits per heavy atom. The highest BCUT2D eigenvalue weighted by atomic mass is 16.5. The Balaban J connectivity index is 3.23. The second kappa shape index (κ2) is 6.20. The van der Waals surface area contributed by atoms with Gasteiger partial charge in [0, 0.05) is 26.3 Å². The summed E-state index contributed by atoms with van der Waals surface area (Å²) >= 11 is 0. The summed E-state index contributed by atoms with van der Waals surface area (Å²) in [6, 6.07) is 3.62. The third kappa shape index (κ3) is 2.94. The van der Waals surface area contributed by atoms with Gasteiger partial charge >= 0.3 is 0 Å². The number of methoxy groups -OCH3 is 4. The second-order valence-corrected chi connectivity index (χ2v) is 3.50. The van der Waals surface area contributed by atoms with E-state index < -0.39 is 0 Å². The average molecular weight is 241 g/mol. The molecule has 0 N–H and O–H groups in total. The van der Waals surface area contributed by atoms with Crippen molar-refractivity contribution in [2.75, 3.05) is 47.1 Å². The van der Waals surface area contributed by atoms with E-state index in [1.807, 2.05) is 24.1 Å². The summed E-state index contributed by atoms with van der Waals surface area (Å²) in [6.07, 6.45) is 0. The molecule has 0 aliphatic carbocycles. The number of hydrogen-bond acceptors (Lipinski definition) is 5. The molecule has 0 heterocycles. The predicted molar refractivity (Wildman–Crippen MR) is 66.4 cm³/mol. The van der Waals surface area contributed by atoms with E-state index in [0.717, 1.165) is 5.69 Å². The number of ether oxygens (including phenoxy) is 4. The third-order valence-electron chi connectivity index (χ3n) is 2.39. The highest BCUT2D eigenvalue weighted by Gasteiger charge is 2.16. The molecule has 0 saturated heterocycles. The van der Waals surface area contributed by atoms with Crippen molar-refractivity contribution in [2.24, 2.45) is 0 Å². The van der Waals surface area contributed by atoms with Gasteiger partial charge in [0.1, 0.15) is 29.7 Å². The molecule has 5 nitrogen and oxygen atoms in total. The van der Waals surface area contributed by atoms with Gasteiger partial charge in [-0.15, -0.1) is 0 Å². The minimum atomic E-state index is 0.444. The lowest BCUT2D eigenvalue weighted by Crippen LogP contribution is -2.21. The molecule has 0 fully saturated rings. The minimum absolute atomic E-state index is 0.444. The SMILES string of the molecule is COCN(C)c1c(OC)cc(OC)cc1OC. The highest BCUT2D eigenvalue weighted by Crippen LogP contribution is 2.40. The van der Waals surface area contributed by atoms with Gasteiger partial charge < -0.3 is 23.8 Å². The molecular formula is C12H19NO4. The predicted octanol–water partition coefficient (Wildman–Crippen LogP) is 1.75. The normalized spacial score (nSPS) is 9.94. The standard InChI is InChI=1S/C12H19NO4/c1-13(8-14-2)12-10(16-4)6-9(15-3)7-11(12)17-5/h6-7H,8H2,1-5H3. The van der Waals surface area contributed by atoms with Crippen LogP contribution in [-0.4, -0.2) is 42.2 Å². The van der Waals surface area contributed by atoms with Crippen molar-refractivity contribution >= 4 is 5.69 Å². The van der Waals surface area contributed by atoms with Crippen LogP contribution in [0.5, 0.6) is 17.2 Å². The molecule has 1 aromatic rings. The summed E-state index contributed by atoms with van der Waals surface area (Å²) in [5.41, 5.74) is 0.831. The molecule has 17 heavy (non-hydrogen) atoms. The summed E-state index contributed by atoms with van der Waals surface area (Å²) in [6.45, 7) is 0.444. The van der Waals surface area contributed by atoms with Crippen LogP contribution in [0.3, 0.4) is 0 Å². The molecule has 0 aliphatic heterocycles. The smallest absolute Gasteiger partial charge is 0.149 e. The fourth-order valence-corrected chi connectivity index (χ4v) is 1.62. The molecule has 0 radical (unpaired) electrons. The summed E-state index contributed by atoms with van der Waals surface area (Å²) < 4.78 is 21.0. The van der Waals surface area contributed by atoms with Crippen LogP contribution in [0.4, 0.5) is 5.69 Å². The highest BCUT2D eigenvalue weighted by molar-refractivity contribution is 5.69. The van der Waals surface area contributed by atoms with Crippen molar-refractivity contribution in [3.8, 4) is 17.2 Å². The monoisotopic (exact) mass is 241 g/mol. The van der Waals surface area contributed by atoms with Gasteiger partial charge in [-0.05, 0) is 0 Å². The van der Waals surface area contributed by atoms with Crippen molar-refractivity contribution in [3.05, 3.63) is 12.1 Å². The first-order valence-electron chi connectivity index (χ1n) is 5.18. The number of rotatable bonds is 6. The van der Waals surface area contributed by atoms with Crippen molar-refractivity contribution in [3.63, 3.8) is 0 Å². The first kappa shape index (κ1) is 13.4. The Hall–Kier alpha value is -1.62. The van der Waals surface area contributed by atoms with Crippen LogP contribution in [0.15, 0.2) is 12.1 Å². The molecule has 1 rings (SSSR count). The largest absolute Gasteiger partial charge is 0.496 e. The molecule has 0 bridgehead atoms. The summed E-state index contributed by atoms with van der Waals surface area (Å²) in [5, 5.41) is 0. The van der Waals surface area contributed by atoms with Crippen LogP contribution >= 0.6 is 0 Å².